The lowest BCUT2D eigenvalue weighted by molar-refractivity contribution is -0.123. The maximum absolute atomic E-state index is 11.8. The monoisotopic (exact) mass is 424 g/mol. The molecule has 7 heteroatoms. The molecule has 6 N–H and O–H groups in total. The number of primary amides is 1. The molecule has 0 fully saturated rings. The van der Waals surface area contributed by atoms with Gasteiger partial charge in [0.15, 0.2) is 0 Å². The van der Waals surface area contributed by atoms with Crippen LogP contribution in [-0.2, 0) is 20.7 Å². The van der Waals surface area contributed by atoms with Gasteiger partial charge in [-0.2, -0.15) is 0 Å². The average molecular weight is 425 g/mol. The van der Waals surface area contributed by atoms with Crippen LogP contribution in [0.2, 0.25) is 0 Å². The van der Waals surface area contributed by atoms with Gasteiger partial charge in [0.25, 0.3) is 0 Å². The van der Waals surface area contributed by atoms with E-state index in [0.29, 0.717) is 6.42 Å². The number of nitrogens with one attached hydrogen (secondary N) is 2. The lowest BCUT2D eigenvalue weighted by Gasteiger charge is -2.20. The molecule has 0 radical (unpaired) electrons. The second kappa shape index (κ2) is 26.6. The number of benzene rings is 1. The Morgan fingerprint density at radius 2 is 1.77 bits per heavy atom. The van der Waals surface area contributed by atoms with Crippen LogP contribution in [0.3, 0.4) is 0 Å². The van der Waals surface area contributed by atoms with E-state index in [2.05, 4.69) is 47.7 Å². The molecule has 174 valence electrons. The van der Waals surface area contributed by atoms with Crippen LogP contribution in [0.1, 0.15) is 58.4 Å². The van der Waals surface area contributed by atoms with E-state index in [4.69, 9.17) is 9.53 Å². The number of amides is 2. The van der Waals surface area contributed by atoms with Crippen molar-refractivity contribution in [1.82, 2.24) is 10.6 Å². The number of unbranched alkanes of at least 4 members (excludes halogenated alkanes) is 1. The molecule has 30 heavy (non-hydrogen) atoms. The van der Waals surface area contributed by atoms with Gasteiger partial charge in [-0.1, -0.05) is 70.5 Å². The highest BCUT2D eigenvalue weighted by molar-refractivity contribution is 5.75. The van der Waals surface area contributed by atoms with E-state index >= 15 is 0 Å². The average Bonchev–Trinajstić information content (AvgIpc) is 2.79. The number of carbonyl (C=O) groups is 2. The molecule has 7 nitrogen and oxygen atoms in total. The van der Waals surface area contributed by atoms with Gasteiger partial charge in [0.05, 0.1) is 6.10 Å². The summed E-state index contributed by atoms with van der Waals surface area (Å²) in [5, 5.41) is 5.86. The summed E-state index contributed by atoms with van der Waals surface area (Å²) < 4.78 is 5.74. The highest BCUT2D eigenvalue weighted by atomic mass is 16.5. The van der Waals surface area contributed by atoms with Gasteiger partial charge >= 0.3 is 0 Å². The van der Waals surface area contributed by atoms with Crippen molar-refractivity contribution in [3.63, 3.8) is 0 Å². The van der Waals surface area contributed by atoms with E-state index in [1.807, 2.05) is 39.1 Å². The standard InChI is InChI=1S/C19H30N2O2.C2H6.CH3NO.CH5N/c1-4-5-13-18(16(2)20-3)23-15-21-19(22)14-9-12-17-10-7-6-8-11-17;1-2;2-1-3;1-2/h6-8,10-11,18,20H,2,4-5,9,12-15H2,1,3H3,(H,21,22);1-2H3;1H,(H2,2,3);2H2,1H3. The highest BCUT2D eigenvalue weighted by Crippen LogP contribution is 2.10. The van der Waals surface area contributed by atoms with Crippen molar-refractivity contribution in [1.29, 1.82) is 0 Å². The van der Waals surface area contributed by atoms with Crippen molar-refractivity contribution in [2.45, 2.75) is 65.4 Å². The predicted octanol–water partition coefficient (Wildman–Crippen LogP) is 3.09. The maximum atomic E-state index is 11.8. The minimum Gasteiger partial charge on any atom is -0.390 e. The molecule has 1 rings (SSSR count). The quantitative estimate of drug-likeness (QED) is 0.304. The maximum Gasteiger partial charge on any atom is 0.221 e. The van der Waals surface area contributed by atoms with E-state index in [-0.39, 0.29) is 25.2 Å². The van der Waals surface area contributed by atoms with Crippen LogP contribution >= 0.6 is 0 Å². The summed E-state index contributed by atoms with van der Waals surface area (Å²) in [4.78, 5) is 20.4. The second-order valence-corrected chi connectivity index (χ2v) is 5.79. The van der Waals surface area contributed by atoms with E-state index in [1.54, 1.807) is 0 Å². The Labute approximate surface area is 183 Å². The van der Waals surface area contributed by atoms with Gasteiger partial charge in [0.2, 0.25) is 12.3 Å². The fraction of sp³-hybridized carbons (Fsp3) is 0.565. The van der Waals surface area contributed by atoms with Gasteiger partial charge in [-0.25, -0.2) is 0 Å². The fourth-order valence-electron chi connectivity index (χ4n) is 2.32. The largest absolute Gasteiger partial charge is 0.390 e. The number of nitrogens with two attached hydrogens (primary N) is 2. The van der Waals surface area contributed by atoms with Gasteiger partial charge in [-0.15, -0.1) is 0 Å². The van der Waals surface area contributed by atoms with Crippen LogP contribution in [0.5, 0.6) is 0 Å². The smallest absolute Gasteiger partial charge is 0.221 e. The second-order valence-electron chi connectivity index (χ2n) is 5.79. The van der Waals surface area contributed by atoms with Gasteiger partial charge in [0.1, 0.15) is 6.73 Å². The van der Waals surface area contributed by atoms with Gasteiger partial charge in [-0.3, -0.25) is 9.59 Å². The van der Waals surface area contributed by atoms with Crippen molar-refractivity contribution >= 4 is 12.3 Å². The number of hydrogen-bond donors (Lipinski definition) is 4. The van der Waals surface area contributed by atoms with Crippen molar-refractivity contribution in [2.75, 3.05) is 20.8 Å². The first-order valence-electron chi connectivity index (χ1n) is 10.6. The molecule has 0 aromatic heterocycles. The first-order chi connectivity index (χ1) is 14.6. The van der Waals surface area contributed by atoms with Gasteiger partial charge in [0, 0.05) is 19.2 Å². The third-order valence-electron chi connectivity index (χ3n) is 3.80. The number of hydrogen-bond acceptors (Lipinski definition) is 5. The minimum atomic E-state index is -0.0513. The molecule has 0 saturated carbocycles. The van der Waals surface area contributed by atoms with Crippen molar-refractivity contribution in [3.05, 3.63) is 48.2 Å². The first-order valence-corrected chi connectivity index (χ1v) is 10.6. The molecule has 0 heterocycles. The molecule has 0 aliphatic carbocycles. The van der Waals surface area contributed by atoms with Crippen LogP contribution in [0.25, 0.3) is 0 Å². The topological polar surface area (TPSA) is 119 Å². The summed E-state index contributed by atoms with van der Waals surface area (Å²) >= 11 is 0. The number of ether oxygens (including phenoxy) is 1. The number of carbonyl (C=O) groups excluding carboxylic acids is 2. The highest BCUT2D eigenvalue weighted by Gasteiger charge is 2.12. The molecular formula is C23H44N4O3. The summed E-state index contributed by atoms with van der Waals surface area (Å²) in [6.45, 7) is 10.3. The lowest BCUT2D eigenvalue weighted by Crippen LogP contribution is -2.31. The zero-order chi connectivity index (χ0) is 23.6. The molecule has 1 aromatic carbocycles. The van der Waals surface area contributed by atoms with Crippen LogP contribution in [0, 0.1) is 0 Å². The van der Waals surface area contributed by atoms with Crippen molar-refractivity contribution in [3.8, 4) is 0 Å². The Morgan fingerprint density at radius 3 is 2.27 bits per heavy atom. The fourth-order valence-corrected chi connectivity index (χ4v) is 2.32. The van der Waals surface area contributed by atoms with Gasteiger partial charge < -0.3 is 26.8 Å². The van der Waals surface area contributed by atoms with Gasteiger partial charge in [-0.05, 0) is 31.9 Å². The third kappa shape index (κ3) is 20.4. The van der Waals surface area contributed by atoms with E-state index < -0.39 is 0 Å². The Kier molecular flexibility index (Phi) is 28.7. The Hall–Kier alpha value is -2.38. The summed E-state index contributed by atoms with van der Waals surface area (Å²) in [6, 6.07) is 10.2. The van der Waals surface area contributed by atoms with E-state index in [1.165, 1.54) is 12.6 Å². The molecule has 1 atom stereocenters. The van der Waals surface area contributed by atoms with E-state index in [9.17, 15) is 4.79 Å². The molecule has 1 aromatic rings. The normalized spacial score (nSPS) is 9.80. The van der Waals surface area contributed by atoms with Crippen molar-refractivity contribution in [2.24, 2.45) is 11.5 Å². The number of rotatable bonds is 12. The molecule has 0 saturated heterocycles. The molecule has 2 amide bonds. The lowest BCUT2D eigenvalue weighted by atomic mass is 10.1. The number of aryl methyl sites for hydroxylation is 1. The van der Waals surface area contributed by atoms with Crippen LogP contribution < -0.4 is 22.1 Å². The SMILES string of the molecule is C=C(NC)C(CCCC)OCNC(=O)CCCc1ccccc1.CC.CN.NC=O. The van der Waals surface area contributed by atoms with Crippen LogP contribution in [0.15, 0.2) is 42.6 Å². The molecule has 0 spiro atoms. The van der Waals surface area contributed by atoms with Crippen LogP contribution in [0.4, 0.5) is 0 Å². The first kappa shape index (κ1) is 32.3. The Morgan fingerprint density at radius 1 is 1.20 bits per heavy atom. The molecular weight excluding hydrogens is 380 g/mol. The van der Waals surface area contributed by atoms with Crippen LogP contribution in [-0.4, -0.2) is 39.2 Å². The zero-order valence-electron chi connectivity index (χ0n) is 19.6. The molecule has 0 aliphatic heterocycles. The Bertz CT molecular complexity index is 510. The minimum absolute atomic E-state index is 0.0326. The zero-order valence-corrected chi connectivity index (χ0v) is 19.6. The Balaban J connectivity index is -0.000000926. The van der Waals surface area contributed by atoms with Crippen molar-refractivity contribution < 1.29 is 14.3 Å². The van der Waals surface area contributed by atoms with E-state index in [0.717, 1.165) is 37.8 Å². The molecule has 0 aliphatic rings. The summed E-state index contributed by atoms with van der Waals surface area (Å²) in [5.41, 5.74) is 10.8. The summed E-state index contributed by atoms with van der Waals surface area (Å²) in [5.74, 6) is 0.0326. The number of likely N-dealkylation sites (N-methyl/N-ethyl adjacent to an activating group) is 1. The summed E-state index contributed by atoms with van der Waals surface area (Å²) in [6.07, 6.45) is 5.59. The summed E-state index contributed by atoms with van der Waals surface area (Å²) in [7, 11) is 3.34. The molecule has 1 unspecified atom stereocenters. The third-order valence-corrected chi connectivity index (χ3v) is 3.80. The predicted molar refractivity (Wildman–Crippen MR) is 127 cm³/mol. The molecule has 0 bridgehead atoms.